The highest BCUT2D eigenvalue weighted by Crippen LogP contribution is 2.61. The average molecular weight is 385 g/mol. The van der Waals surface area contributed by atoms with E-state index in [1.165, 1.54) is 44.1 Å². The summed E-state index contributed by atoms with van der Waals surface area (Å²) in [5.41, 5.74) is 1.61. The zero-order chi connectivity index (χ0) is 19.9. The molecule has 1 aromatic rings. The molecule has 2 N–H and O–H groups in total. The number of ether oxygens (including phenoxy) is 1. The van der Waals surface area contributed by atoms with Gasteiger partial charge in [0, 0.05) is 6.04 Å². The summed E-state index contributed by atoms with van der Waals surface area (Å²) < 4.78 is 5.88. The molecule has 0 heterocycles. The molecule has 154 valence electrons. The van der Waals surface area contributed by atoms with Gasteiger partial charge in [0.1, 0.15) is 5.75 Å². The SMILES string of the molecule is CC(NC(=O)NC(C)C12CC3CC(CC(C3)C1)C2)Oc1ccc(C(C)C)cc1. The number of amides is 2. The fourth-order valence-electron chi connectivity index (χ4n) is 6.45. The van der Waals surface area contributed by atoms with Crippen molar-refractivity contribution in [3.05, 3.63) is 29.8 Å². The van der Waals surface area contributed by atoms with Crippen molar-refractivity contribution >= 4 is 6.03 Å². The number of carbonyl (C=O) groups is 1. The van der Waals surface area contributed by atoms with Crippen LogP contribution < -0.4 is 15.4 Å². The Balaban J connectivity index is 1.29. The van der Waals surface area contributed by atoms with Gasteiger partial charge in [-0.2, -0.15) is 0 Å². The van der Waals surface area contributed by atoms with Crippen molar-refractivity contribution in [2.45, 2.75) is 84.4 Å². The number of hydrogen-bond donors (Lipinski definition) is 2. The minimum atomic E-state index is -0.367. The predicted molar refractivity (Wildman–Crippen MR) is 112 cm³/mol. The molecule has 2 amide bonds. The van der Waals surface area contributed by atoms with Crippen molar-refractivity contribution in [1.29, 1.82) is 0 Å². The van der Waals surface area contributed by atoms with E-state index < -0.39 is 0 Å². The Kier molecular flexibility index (Phi) is 5.32. The second-order valence-electron chi connectivity index (χ2n) is 10.1. The molecular formula is C24H36N2O2. The molecule has 5 rings (SSSR count). The standard InChI is InChI=1S/C24H36N2O2/c1-15(2)21-5-7-22(8-6-21)28-17(4)26-23(27)25-16(3)24-12-18-9-19(13-24)11-20(10-18)14-24/h5-8,15-20H,9-14H2,1-4H3,(H2,25,26,27). The lowest BCUT2D eigenvalue weighted by Gasteiger charge is -2.59. The van der Waals surface area contributed by atoms with Crippen molar-refractivity contribution in [3.63, 3.8) is 0 Å². The summed E-state index contributed by atoms with van der Waals surface area (Å²) in [4.78, 5) is 12.6. The molecule has 0 spiro atoms. The van der Waals surface area contributed by atoms with E-state index in [2.05, 4.69) is 43.5 Å². The van der Waals surface area contributed by atoms with Gasteiger partial charge in [0.2, 0.25) is 0 Å². The van der Waals surface area contributed by atoms with E-state index >= 15 is 0 Å². The van der Waals surface area contributed by atoms with E-state index in [1.807, 2.05) is 19.1 Å². The smallest absolute Gasteiger partial charge is 0.317 e. The third-order valence-corrected chi connectivity index (χ3v) is 7.55. The quantitative estimate of drug-likeness (QED) is 0.642. The van der Waals surface area contributed by atoms with E-state index in [9.17, 15) is 4.79 Å². The second kappa shape index (κ2) is 7.61. The van der Waals surface area contributed by atoms with Gasteiger partial charge in [-0.3, -0.25) is 0 Å². The Morgan fingerprint density at radius 2 is 1.46 bits per heavy atom. The Bertz CT molecular complexity index is 662. The summed E-state index contributed by atoms with van der Waals surface area (Å²) in [6.45, 7) is 8.44. The van der Waals surface area contributed by atoms with Crippen molar-refractivity contribution in [2.24, 2.45) is 23.2 Å². The predicted octanol–water partition coefficient (Wildman–Crippen LogP) is 5.44. The molecule has 4 nitrogen and oxygen atoms in total. The van der Waals surface area contributed by atoms with Crippen molar-refractivity contribution in [3.8, 4) is 5.75 Å². The Labute approximate surface area is 169 Å². The van der Waals surface area contributed by atoms with E-state index in [-0.39, 0.29) is 18.3 Å². The lowest BCUT2D eigenvalue weighted by atomic mass is 9.48. The first-order valence-electron chi connectivity index (χ1n) is 11.2. The normalized spacial score (nSPS) is 32.8. The molecular weight excluding hydrogens is 348 g/mol. The summed E-state index contributed by atoms with van der Waals surface area (Å²) in [6, 6.07) is 8.23. The number of hydrogen-bond acceptors (Lipinski definition) is 2. The number of nitrogens with one attached hydrogen (secondary N) is 2. The fraction of sp³-hybridized carbons (Fsp3) is 0.708. The number of rotatable bonds is 6. The molecule has 2 atom stereocenters. The summed E-state index contributed by atoms with van der Waals surface area (Å²) >= 11 is 0. The zero-order valence-electron chi connectivity index (χ0n) is 17.8. The van der Waals surface area contributed by atoms with Crippen LogP contribution in [0.1, 0.15) is 77.7 Å². The molecule has 28 heavy (non-hydrogen) atoms. The molecule has 2 unspecified atom stereocenters. The molecule has 0 saturated heterocycles. The summed E-state index contributed by atoms with van der Waals surface area (Å²) in [5.74, 6) is 3.98. The molecule has 4 heteroatoms. The van der Waals surface area contributed by atoms with Crippen LogP contribution in [0.15, 0.2) is 24.3 Å². The largest absolute Gasteiger partial charge is 0.471 e. The van der Waals surface area contributed by atoms with E-state index in [4.69, 9.17) is 4.74 Å². The highest BCUT2D eigenvalue weighted by Gasteiger charge is 2.53. The summed E-state index contributed by atoms with van der Waals surface area (Å²) in [7, 11) is 0. The first-order chi connectivity index (χ1) is 13.3. The molecule has 0 aromatic heterocycles. The van der Waals surface area contributed by atoms with Crippen LogP contribution in [-0.2, 0) is 0 Å². The first kappa shape index (κ1) is 19.6. The van der Waals surface area contributed by atoms with Crippen LogP contribution in [-0.4, -0.2) is 18.3 Å². The fourth-order valence-corrected chi connectivity index (χ4v) is 6.45. The van der Waals surface area contributed by atoms with Crippen LogP contribution in [0.2, 0.25) is 0 Å². The zero-order valence-corrected chi connectivity index (χ0v) is 17.8. The maximum atomic E-state index is 12.6. The second-order valence-corrected chi connectivity index (χ2v) is 10.1. The molecule has 0 radical (unpaired) electrons. The third kappa shape index (κ3) is 4.01. The van der Waals surface area contributed by atoms with Crippen LogP contribution in [0.3, 0.4) is 0 Å². The number of carbonyl (C=O) groups excluding carboxylic acids is 1. The van der Waals surface area contributed by atoms with Gasteiger partial charge in [0.25, 0.3) is 0 Å². The lowest BCUT2D eigenvalue weighted by Crippen LogP contribution is -2.57. The molecule has 1 aromatic carbocycles. The van der Waals surface area contributed by atoms with Gasteiger partial charge in [-0.15, -0.1) is 0 Å². The number of benzene rings is 1. The third-order valence-electron chi connectivity index (χ3n) is 7.55. The highest BCUT2D eigenvalue weighted by molar-refractivity contribution is 5.74. The van der Waals surface area contributed by atoms with Gasteiger partial charge in [0.15, 0.2) is 6.23 Å². The molecule has 0 aliphatic heterocycles. The van der Waals surface area contributed by atoms with Gasteiger partial charge in [-0.05, 0) is 99.2 Å². The summed E-state index contributed by atoms with van der Waals surface area (Å²) in [5, 5.41) is 6.20. The van der Waals surface area contributed by atoms with Gasteiger partial charge in [-0.1, -0.05) is 26.0 Å². The molecule has 4 aliphatic rings. The average Bonchev–Trinajstić information content (AvgIpc) is 2.60. The van der Waals surface area contributed by atoms with Crippen LogP contribution in [0.5, 0.6) is 5.75 Å². The maximum absolute atomic E-state index is 12.6. The Morgan fingerprint density at radius 3 is 1.96 bits per heavy atom. The first-order valence-corrected chi connectivity index (χ1v) is 11.2. The molecule has 4 fully saturated rings. The summed E-state index contributed by atoms with van der Waals surface area (Å²) in [6.07, 6.45) is 7.82. The number of urea groups is 1. The van der Waals surface area contributed by atoms with Gasteiger partial charge in [-0.25, -0.2) is 4.79 Å². The Hall–Kier alpha value is -1.71. The van der Waals surface area contributed by atoms with Crippen LogP contribution >= 0.6 is 0 Å². The topological polar surface area (TPSA) is 50.4 Å². The monoisotopic (exact) mass is 384 g/mol. The minimum Gasteiger partial charge on any atom is -0.471 e. The lowest BCUT2D eigenvalue weighted by molar-refractivity contribution is -0.0683. The minimum absolute atomic E-state index is 0.116. The van der Waals surface area contributed by atoms with Crippen molar-refractivity contribution in [1.82, 2.24) is 10.6 Å². The molecule has 4 bridgehead atoms. The van der Waals surface area contributed by atoms with Gasteiger partial charge >= 0.3 is 6.03 Å². The van der Waals surface area contributed by atoms with E-state index in [0.717, 1.165) is 23.5 Å². The van der Waals surface area contributed by atoms with Crippen LogP contribution in [0.4, 0.5) is 4.79 Å². The van der Waals surface area contributed by atoms with Crippen LogP contribution in [0, 0.1) is 23.2 Å². The van der Waals surface area contributed by atoms with E-state index in [1.54, 1.807) is 0 Å². The maximum Gasteiger partial charge on any atom is 0.317 e. The molecule has 4 aliphatic carbocycles. The highest BCUT2D eigenvalue weighted by atomic mass is 16.5. The van der Waals surface area contributed by atoms with Gasteiger partial charge < -0.3 is 15.4 Å². The van der Waals surface area contributed by atoms with Crippen molar-refractivity contribution in [2.75, 3.05) is 0 Å². The van der Waals surface area contributed by atoms with Gasteiger partial charge in [0.05, 0.1) is 0 Å². The molecule has 4 saturated carbocycles. The van der Waals surface area contributed by atoms with E-state index in [0.29, 0.717) is 11.3 Å². The Morgan fingerprint density at radius 1 is 0.929 bits per heavy atom. The van der Waals surface area contributed by atoms with Crippen molar-refractivity contribution < 1.29 is 9.53 Å². The van der Waals surface area contributed by atoms with Crippen LogP contribution in [0.25, 0.3) is 0 Å².